The van der Waals surface area contributed by atoms with Crippen LogP contribution in [0.4, 0.5) is 5.13 Å². The van der Waals surface area contributed by atoms with Crippen molar-refractivity contribution in [1.82, 2.24) is 24.4 Å². The largest absolute Gasteiger partial charge is 0.390 e. The van der Waals surface area contributed by atoms with Gasteiger partial charge in [-0.3, -0.25) is 4.90 Å². The summed E-state index contributed by atoms with van der Waals surface area (Å²) in [5, 5.41) is 16.7. The van der Waals surface area contributed by atoms with Crippen molar-refractivity contribution in [2.24, 2.45) is 0 Å². The molecule has 0 radical (unpaired) electrons. The van der Waals surface area contributed by atoms with Gasteiger partial charge in [0.2, 0.25) is 10.1 Å². The molecule has 1 fully saturated rings. The van der Waals surface area contributed by atoms with Crippen LogP contribution in [0.1, 0.15) is 0 Å². The molecule has 1 saturated heterocycles. The van der Waals surface area contributed by atoms with Gasteiger partial charge in [-0.2, -0.15) is 0 Å². The molecule has 0 bridgehead atoms. The van der Waals surface area contributed by atoms with Crippen molar-refractivity contribution in [1.29, 1.82) is 0 Å². The summed E-state index contributed by atoms with van der Waals surface area (Å²) in [6.07, 6.45) is 1.52. The minimum Gasteiger partial charge on any atom is -0.390 e. The number of benzene rings is 1. The molecule has 1 N–H and O–H groups in total. The summed E-state index contributed by atoms with van der Waals surface area (Å²) in [6, 6.07) is 7.63. The number of β-amino-alcohol motifs (C(OH)–C–C–N with tert-alkyl or cyclic N) is 1. The van der Waals surface area contributed by atoms with Crippen LogP contribution in [0.3, 0.4) is 0 Å². The van der Waals surface area contributed by atoms with E-state index in [1.807, 2.05) is 42.4 Å². The number of piperazine rings is 1. The van der Waals surface area contributed by atoms with Gasteiger partial charge in [-0.25, -0.2) is 9.50 Å². The Labute approximate surface area is 173 Å². The summed E-state index contributed by atoms with van der Waals surface area (Å²) in [5.41, 5.74) is 1.89. The first-order valence-corrected chi connectivity index (χ1v) is 10.6. The number of fused-ring (bicyclic) bond motifs is 1. The number of nitrogens with zero attached hydrogens (tertiary/aromatic N) is 6. The van der Waals surface area contributed by atoms with Crippen molar-refractivity contribution in [3.05, 3.63) is 35.5 Å². The summed E-state index contributed by atoms with van der Waals surface area (Å²) in [4.78, 5) is 12.1. The van der Waals surface area contributed by atoms with Gasteiger partial charge >= 0.3 is 0 Å². The molecule has 1 aliphatic rings. The lowest BCUT2D eigenvalue weighted by atomic mass is 10.2. The third kappa shape index (κ3) is 4.47. The number of imidazole rings is 1. The number of hydrogen-bond acceptors (Lipinski definition) is 7. The molecule has 150 valence electrons. The Hall–Kier alpha value is -1.71. The Bertz CT molecular complexity index is 887. The van der Waals surface area contributed by atoms with Crippen molar-refractivity contribution in [3.63, 3.8) is 0 Å². The molecule has 3 heterocycles. The monoisotopic (exact) mass is 420 g/mol. The fourth-order valence-corrected chi connectivity index (χ4v) is 4.36. The zero-order chi connectivity index (χ0) is 19.7. The summed E-state index contributed by atoms with van der Waals surface area (Å²) in [7, 11) is 4.10. The second-order valence-electron chi connectivity index (χ2n) is 7.38. The number of aliphatic hydroxyl groups is 1. The molecule has 0 saturated carbocycles. The molecule has 9 heteroatoms. The number of hydrogen-bond donors (Lipinski definition) is 1. The molecule has 2 aromatic heterocycles. The Morgan fingerprint density at radius 2 is 1.93 bits per heavy atom. The van der Waals surface area contributed by atoms with E-state index in [4.69, 9.17) is 11.6 Å². The number of aliphatic hydroxyl groups excluding tert-OH is 1. The van der Waals surface area contributed by atoms with Crippen LogP contribution in [0.25, 0.3) is 16.2 Å². The van der Waals surface area contributed by atoms with Gasteiger partial charge in [-0.05, 0) is 19.2 Å². The summed E-state index contributed by atoms with van der Waals surface area (Å²) in [5.74, 6) is 0. The molecule has 7 nitrogen and oxygen atoms in total. The first-order chi connectivity index (χ1) is 13.5. The average Bonchev–Trinajstić information content (AvgIpc) is 3.23. The third-order valence-electron chi connectivity index (χ3n) is 5.05. The van der Waals surface area contributed by atoms with Crippen molar-refractivity contribution < 1.29 is 5.11 Å². The van der Waals surface area contributed by atoms with E-state index in [-0.39, 0.29) is 0 Å². The molecule has 28 heavy (non-hydrogen) atoms. The average molecular weight is 421 g/mol. The number of likely N-dealkylation sites (N-methyl/N-ethyl adjacent to an activating group) is 2. The molecule has 0 aliphatic carbocycles. The van der Waals surface area contributed by atoms with Crippen LogP contribution in [-0.2, 0) is 0 Å². The lowest BCUT2D eigenvalue weighted by Gasteiger charge is -2.34. The zero-order valence-electron chi connectivity index (χ0n) is 16.1. The zero-order valence-corrected chi connectivity index (χ0v) is 17.7. The fraction of sp³-hybridized carbons (Fsp3) is 0.474. The molecule has 0 amide bonds. The normalized spacial score (nSPS) is 17.3. The van der Waals surface area contributed by atoms with Gasteiger partial charge in [-0.1, -0.05) is 35.1 Å². The standard InChI is InChI=1S/C19H25ClN6OS/c1-23-7-9-25(10-8-23)12-16(27)11-24(2)19-22-26-13-17(21-18(26)28-19)14-3-5-15(20)6-4-14/h3-6,13,16,27H,7-12H2,1-2H3. The molecule has 0 spiro atoms. The molecule has 1 aromatic carbocycles. The van der Waals surface area contributed by atoms with E-state index in [1.165, 1.54) is 11.3 Å². The van der Waals surface area contributed by atoms with Gasteiger partial charge in [0.05, 0.1) is 18.0 Å². The lowest BCUT2D eigenvalue weighted by molar-refractivity contribution is 0.0843. The van der Waals surface area contributed by atoms with E-state index in [1.54, 1.807) is 4.52 Å². The lowest BCUT2D eigenvalue weighted by Crippen LogP contribution is -2.48. The van der Waals surface area contributed by atoms with Crippen LogP contribution >= 0.6 is 22.9 Å². The second-order valence-corrected chi connectivity index (χ2v) is 8.75. The molecule has 1 aliphatic heterocycles. The molecule has 4 rings (SSSR count). The SMILES string of the molecule is CN1CCN(CC(O)CN(C)c2nn3cc(-c4ccc(Cl)cc4)nc3s2)CC1. The smallest absolute Gasteiger partial charge is 0.214 e. The molecule has 3 aromatic rings. The van der Waals surface area contributed by atoms with Crippen molar-refractivity contribution in [3.8, 4) is 11.3 Å². The van der Waals surface area contributed by atoms with Gasteiger partial charge in [0, 0.05) is 56.9 Å². The summed E-state index contributed by atoms with van der Waals surface area (Å²) in [6.45, 7) is 5.38. The van der Waals surface area contributed by atoms with Crippen LogP contribution < -0.4 is 4.90 Å². The van der Waals surface area contributed by atoms with Crippen molar-refractivity contribution in [2.45, 2.75) is 6.10 Å². The highest BCUT2D eigenvalue weighted by atomic mass is 35.5. The van der Waals surface area contributed by atoms with Crippen LogP contribution in [0, 0.1) is 0 Å². The van der Waals surface area contributed by atoms with Crippen LogP contribution in [0.15, 0.2) is 30.5 Å². The first-order valence-electron chi connectivity index (χ1n) is 9.40. The Morgan fingerprint density at radius 1 is 1.21 bits per heavy atom. The minimum atomic E-state index is -0.408. The summed E-state index contributed by atoms with van der Waals surface area (Å²) < 4.78 is 1.80. The van der Waals surface area contributed by atoms with Crippen LogP contribution in [0.5, 0.6) is 0 Å². The maximum absolute atomic E-state index is 10.5. The molecular weight excluding hydrogens is 396 g/mol. The highest BCUT2D eigenvalue weighted by Gasteiger charge is 2.20. The van der Waals surface area contributed by atoms with E-state index in [0.717, 1.165) is 47.5 Å². The van der Waals surface area contributed by atoms with Gasteiger partial charge in [-0.15, -0.1) is 5.10 Å². The molecule has 1 unspecified atom stereocenters. The molecular formula is C19H25ClN6OS. The quantitative estimate of drug-likeness (QED) is 0.659. The Morgan fingerprint density at radius 3 is 2.61 bits per heavy atom. The van der Waals surface area contributed by atoms with E-state index in [0.29, 0.717) is 18.1 Å². The van der Waals surface area contributed by atoms with E-state index < -0.39 is 6.10 Å². The highest BCUT2D eigenvalue weighted by molar-refractivity contribution is 7.20. The minimum absolute atomic E-state index is 0.408. The van der Waals surface area contributed by atoms with E-state index >= 15 is 0 Å². The maximum Gasteiger partial charge on any atom is 0.214 e. The topological polar surface area (TPSA) is 60.1 Å². The maximum atomic E-state index is 10.5. The fourth-order valence-electron chi connectivity index (χ4n) is 3.38. The third-order valence-corrected chi connectivity index (χ3v) is 6.34. The van der Waals surface area contributed by atoms with Gasteiger partial charge in [0.1, 0.15) is 0 Å². The Balaban J connectivity index is 1.38. The number of aromatic nitrogens is 3. The van der Waals surface area contributed by atoms with E-state index in [2.05, 4.69) is 26.9 Å². The van der Waals surface area contributed by atoms with Crippen molar-refractivity contribution >= 4 is 33.0 Å². The number of halogens is 1. The molecule has 1 atom stereocenters. The van der Waals surface area contributed by atoms with Crippen LogP contribution in [-0.4, -0.2) is 89.0 Å². The second kappa shape index (κ2) is 8.34. The van der Waals surface area contributed by atoms with Gasteiger partial charge < -0.3 is 14.9 Å². The first kappa shape index (κ1) is 19.6. The predicted molar refractivity (Wildman–Crippen MR) is 115 cm³/mol. The van der Waals surface area contributed by atoms with E-state index in [9.17, 15) is 5.11 Å². The van der Waals surface area contributed by atoms with Gasteiger partial charge in [0.15, 0.2) is 0 Å². The number of anilines is 1. The Kier molecular flexibility index (Phi) is 5.84. The predicted octanol–water partition coefficient (Wildman–Crippen LogP) is 2.16. The number of rotatable bonds is 6. The van der Waals surface area contributed by atoms with Gasteiger partial charge in [0.25, 0.3) is 0 Å². The highest BCUT2D eigenvalue weighted by Crippen LogP contribution is 2.27. The van der Waals surface area contributed by atoms with Crippen molar-refractivity contribution in [2.75, 3.05) is 58.3 Å². The van der Waals surface area contributed by atoms with Crippen LogP contribution in [0.2, 0.25) is 5.02 Å². The summed E-state index contributed by atoms with van der Waals surface area (Å²) >= 11 is 7.48.